The largest absolute Gasteiger partial charge is 0.490 e. The molecule has 1 N–H and O–H groups in total. The highest BCUT2D eigenvalue weighted by Crippen LogP contribution is 2.32. The Balaban J connectivity index is 2.00. The van der Waals surface area contributed by atoms with Gasteiger partial charge in [-0.3, -0.25) is 4.79 Å². The van der Waals surface area contributed by atoms with Crippen molar-refractivity contribution in [3.63, 3.8) is 0 Å². The number of carboxylic acids is 1. The molecule has 1 aromatic carbocycles. The fourth-order valence-corrected chi connectivity index (χ4v) is 2.34. The normalized spacial score (nSPS) is 14.7. The van der Waals surface area contributed by atoms with Gasteiger partial charge in [-0.2, -0.15) is 0 Å². The van der Waals surface area contributed by atoms with E-state index in [1.54, 1.807) is 0 Å². The summed E-state index contributed by atoms with van der Waals surface area (Å²) in [5.74, 6) is 0.862. The summed E-state index contributed by atoms with van der Waals surface area (Å²) in [6, 6.07) is 5.99. The molecule has 0 saturated carbocycles. The molecular weight excluding hydrogens is 256 g/mol. The smallest absolute Gasteiger partial charge is 0.303 e. The summed E-state index contributed by atoms with van der Waals surface area (Å²) in [5.41, 5.74) is 0.961. The lowest BCUT2D eigenvalue weighted by molar-refractivity contribution is -0.139. The van der Waals surface area contributed by atoms with E-state index in [4.69, 9.17) is 14.6 Å². The summed E-state index contributed by atoms with van der Waals surface area (Å²) in [7, 11) is 0. The van der Waals surface area contributed by atoms with Gasteiger partial charge < -0.3 is 14.6 Å². The minimum absolute atomic E-state index is 0.192. The molecule has 0 fully saturated rings. The Morgan fingerprint density at radius 1 is 1.25 bits per heavy atom. The van der Waals surface area contributed by atoms with Gasteiger partial charge in [-0.1, -0.05) is 19.9 Å². The molecule has 1 heterocycles. The van der Waals surface area contributed by atoms with Crippen LogP contribution in [0.2, 0.25) is 0 Å². The first-order valence-electron chi connectivity index (χ1n) is 7.07. The van der Waals surface area contributed by atoms with E-state index in [2.05, 4.69) is 0 Å². The van der Waals surface area contributed by atoms with Gasteiger partial charge in [0.15, 0.2) is 11.5 Å². The number of rotatable bonds is 5. The SMILES string of the molecule is CC(C)(CCc1ccc2c(c1)OCCCO2)CC(=O)O. The van der Waals surface area contributed by atoms with Crippen molar-refractivity contribution in [2.24, 2.45) is 5.41 Å². The molecule has 110 valence electrons. The van der Waals surface area contributed by atoms with Gasteiger partial charge in [0.05, 0.1) is 19.6 Å². The maximum Gasteiger partial charge on any atom is 0.303 e. The summed E-state index contributed by atoms with van der Waals surface area (Å²) < 4.78 is 11.3. The van der Waals surface area contributed by atoms with Gasteiger partial charge in [-0.15, -0.1) is 0 Å². The molecule has 1 aromatic rings. The van der Waals surface area contributed by atoms with Crippen molar-refractivity contribution in [1.29, 1.82) is 0 Å². The lowest BCUT2D eigenvalue weighted by Gasteiger charge is -2.22. The lowest BCUT2D eigenvalue weighted by atomic mass is 9.83. The average Bonchev–Trinajstić information content (AvgIpc) is 2.59. The van der Waals surface area contributed by atoms with Gasteiger partial charge in [0.1, 0.15) is 0 Å². The van der Waals surface area contributed by atoms with Crippen molar-refractivity contribution in [3.8, 4) is 11.5 Å². The summed E-state index contributed by atoms with van der Waals surface area (Å²) in [5, 5.41) is 8.90. The summed E-state index contributed by atoms with van der Waals surface area (Å²) >= 11 is 0. The highest BCUT2D eigenvalue weighted by Gasteiger charge is 2.21. The summed E-state index contributed by atoms with van der Waals surface area (Å²) in [6.45, 7) is 5.35. The van der Waals surface area contributed by atoms with Crippen molar-refractivity contribution in [2.45, 2.75) is 39.5 Å². The van der Waals surface area contributed by atoms with E-state index in [0.29, 0.717) is 13.2 Å². The molecule has 0 saturated heterocycles. The average molecular weight is 278 g/mol. The van der Waals surface area contributed by atoms with E-state index in [1.165, 1.54) is 0 Å². The van der Waals surface area contributed by atoms with Crippen molar-refractivity contribution >= 4 is 5.97 Å². The van der Waals surface area contributed by atoms with Gasteiger partial charge in [0.25, 0.3) is 0 Å². The Bertz CT molecular complexity index is 479. The van der Waals surface area contributed by atoms with Crippen LogP contribution in [0.5, 0.6) is 11.5 Å². The summed E-state index contributed by atoms with van der Waals surface area (Å²) in [4.78, 5) is 10.8. The zero-order chi connectivity index (χ0) is 14.6. The second-order valence-corrected chi connectivity index (χ2v) is 6.07. The minimum Gasteiger partial charge on any atom is -0.490 e. The number of carbonyl (C=O) groups is 1. The predicted octanol–water partition coefficient (Wildman–Crippen LogP) is 3.28. The van der Waals surface area contributed by atoms with E-state index in [1.807, 2.05) is 32.0 Å². The third-order valence-electron chi connectivity index (χ3n) is 3.53. The molecule has 0 atom stereocenters. The molecule has 20 heavy (non-hydrogen) atoms. The molecule has 0 radical (unpaired) electrons. The van der Waals surface area contributed by atoms with E-state index in [9.17, 15) is 4.79 Å². The number of benzene rings is 1. The number of hydrogen-bond acceptors (Lipinski definition) is 3. The van der Waals surface area contributed by atoms with Crippen LogP contribution in [0.25, 0.3) is 0 Å². The molecule has 1 aliphatic heterocycles. The second kappa shape index (κ2) is 6.16. The lowest BCUT2D eigenvalue weighted by Crippen LogP contribution is -2.17. The zero-order valence-electron chi connectivity index (χ0n) is 12.1. The molecule has 0 bridgehead atoms. The van der Waals surface area contributed by atoms with E-state index >= 15 is 0 Å². The van der Waals surface area contributed by atoms with E-state index in [0.717, 1.165) is 36.3 Å². The number of carboxylic acid groups (broad SMARTS) is 1. The van der Waals surface area contributed by atoms with Crippen LogP contribution in [-0.4, -0.2) is 24.3 Å². The van der Waals surface area contributed by atoms with Crippen LogP contribution in [-0.2, 0) is 11.2 Å². The first-order valence-corrected chi connectivity index (χ1v) is 7.07. The minimum atomic E-state index is -0.742. The quantitative estimate of drug-likeness (QED) is 0.898. The van der Waals surface area contributed by atoms with E-state index in [-0.39, 0.29) is 11.8 Å². The molecule has 0 aromatic heterocycles. The number of aryl methyl sites for hydroxylation is 1. The standard InChI is InChI=1S/C16H22O4/c1-16(2,11-15(17)18)7-6-12-4-5-13-14(10-12)20-9-3-8-19-13/h4-5,10H,3,6-9,11H2,1-2H3,(H,17,18). The Hall–Kier alpha value is -1.71. The number of hydrogen-bond donors (Lipinski definition) is 1. The Morgan fingerprint density at radius 2 is 1.95 bits per heavy atom. The molecular formula is C16H22O4. The first-order chi connectivity index (χ1) is 9.46. The Morgan fingerprint density at radius 3 is 2.65 bits per heavy atom. The van der Waals surface area contributed by atoms with Crippen molar-refractivity contribution in [2.75, 3.05) is 13.2 Å². The molecule has 4 heteroatoms. The molecule has 0 spiro atoms. The van der Waals surface area contributed by atoms with Crippen LogP contribution in [0.1, 0.15) is 38.7 Å². The second-order valence-electron chi connectivity index (χ2n) is 6.07. The van der Waals surface area contributed by atoms with Crippen LogP contribution in [0.15, 0.2) is 18.2 Å². The van der Waals surface area contributed by atoms with Crippen LogP contribution in [0, 0.1) is 5.41 Å². The van der Waals surface area contributed by atoms with Gasteiger partial charge in [0.2, 0.25) is 0 Å². The molecule has 0 aliphatic carbocycles. The van der Waals surface area contributed by atoms with Gasteiger partial charge in [-0.05, 0) is 36.0 Å². The predicted molar refractivity (Wildman–Crippen MR) is 76.4 cm³/mol. The van der Waals surface area contributed by atoms with Crippen molar-refractivity contribution < 1.29 is 19.4 Å². The van der Waals surface area contributed by atoms with Gasteiger partial charge in [0, 0.05) is 6.42 Å². The van der Waals surface area contributed by atoms with Crippen LogP contribution in [0.4, 0.5) is 0 Å². The fraction of sp³-hybridized carbons (Fsp3) is 0.562. The van der Waals surface area contributed by atoms with Crippen LogP contribution in [0.3, 0.4) is 0 Å². The molecule has 1 aliphatic rings. The van der Waals surface area contributed by atoms with Crippen molar-refractivity contribution in [3.05, 3.63) is 23.8 Å². The topological polar surface area (TPSA) is 55.8 Å². The third-order valence-corrected chi connectivity index (χ3v) is 3.53. The third kappa shape index (κ3) is 4.15. The molecule has 0 amide bonds. The molecule has 2 rings (SSSR count). The Kier molecular flexibility index (Phi) is 4.53. The number of ether oxygens (including phenoxy) is 2. The highest BCUT2D eigenvalue weighted by molar-refractivity contribution is 5.67. The molecule has 0 unspecified atom stereocenters. The maximum atomic E-state index is 10.8. The number of fused-ring (bicyclic) bond motifs is 1. The maximum absolute atomic E-state index is 10.8. The monoisotopic (exact) mass is 278 g/mol. The first kappa shape index (κ1) is 14.7. The van der Waals surface area contributed by atoms with Crippen molar-refractivity contribution in [1.82, 2.24) is 0 Å². The Labute approximate surface area is 119 Å². The van der Waals surface area contributed by atoms with Gasteiger partial charge >= 0.3 is 5.97 Å². The summed E-state index contributed by atoms with van der Waals surface area (Å²) in [6.07, 6.45) is 2.77. The highest BCUT2D eigenvalue weighted by atomic mass is 16.5. The van der Waals surface area contributed by atoms with Crippen LogP contribution < -0.4 is 9.47 Å². The van der Waals surface area contributed by atoms with E-state index < -0.39 is 5.97 Å². The van der Waals surface area contributed by atoms with Crippen LogP contribution >= 0.6 is 0 Å². The number of aliphatic carboxylic acids is 1. The molecule has 4 nitrogen and oxygen atoms in total. The zero-order valence-corrected chi connectivity index (χ0v) is 12.1. The van der Waals surface area contributed by atoms with Gasteiger partial charge in [-0.25, -0.2) is 0 Å². The fourth-order valence-electron chi connectivity index (χ4n) is 2.34.